The Hall–Kier alpha value is -2.60. The number of nitrogens with zero attached hydrogens (tertiary/aromatic N) is 1. The summed E-state index contributed by atoms with van der Waals surface area (Å²) in [5.41, 5.74) is 1.34. The van der Waals surface area contributed by atoms with Crippen LogP contribution in [-0.2, 0) is 11.2 Å². The number of likely N-dealkylation sites (tertiary alicyclic amines) is 1. The summed E-state index contributed by atoms with van der Waals surface area (Å²) in [7, 11) is 0. The highest BCUT2D eigenvalue weighted by Gasteiger charge is 2.26. The number of Topliss-reactive ketones (excluding diaryl/α,β-unsaturated/α-hetero) is 1. The maximum absolute atomic E-state index is 13.3. The van der Waals surface area contributed by atoms with E-state index in [1.54, 1.807) is 18.2 Å². The molecule has 7 heteroatoms. The van der Waals surface area contributed by atoms with Gasteiger partial charge in [0.25, 0.3) is 5.91 Å². The van der Waals surface area contributed by atoms with Gasteiger partial charge in [0.2, 0.25) is 0 Å². The zero-order valence-electron chi connectivity index (χ0n) is 15.8. The van der Waals surface area contributed by atoms with Crippen LogP contribution in [0.2, 0.25) is 5.02 Å². The number of piperidine rings is 1. The lowest BCUT2D eigenvalue weighted by atomic mass is 9.96. The van der Waals surface area contributed by atoms with E-state index < -0.39 is 0 Å². The molecule has 0 aliphatic carbocycles. The van der Waals surface area contributed by atoms with Gasteiger partial charge in [0.05, 0.1) is 11.6 Å². The van der Waals surface area contributed by atoms with Crippen molar-refractivity contribution in [1.82, 2.24) is 4.90 Å². The largest absolute Gasteiger partial charge is 0.492 e. The fourth-order valence-corrected chi connectivity index (χ4v) is 3.87. The van der Waals surface area contributed by atoms with Gasteiger partial charge in [-0.25, -0.2) is 4.39 Å². The molecule has 5 nitrogen and oxygen atoms in total. The van der Waals surface area contributed by atoms with Crippen LogP contribution in [0.4, 0.5) is 4.39 Å². The van der Waals surface area contributed by atoms with Crippen LogP contribution < -0.4 is 9.47 Å². The number of rotatable bonds is 4. The van der Waals surface area contributed by atoms with E-state index in [-0.39, 0.29) is 30.0 Å². The van der Waals surface area contributed by atoms with Crippen LogP contribution in [0.3, 0.4) is 0 Å². The highest BCUT2D eigenvalue weighted by Crippen LogP contribution is 2.28. The van der Waals surface area contributed by atoms with Crippen LogP contribution in [0.5, 0.6) is 11.5 Å². The molecule has 2 aromatic rings. The molecule has 2 aliphatic rings. The number of hydrogen-bond acceptors (Lipinski definition) is 4. The van der Waals surface area contributed by atoms with Crippen molar-refractivity contribution in [3.63, 3.8) is 0 Å². The summed E-state index contributed by atoms with van der Waals surface area (Å²) in [6, 6.07) is 9.32. The second kappa shape index (κ2) is 8.41. The van der Waals surface area contributed by atoms with Gasteiger partial charge in [0.1, 0.15) is 23.9 Å². The molecule has 0 bridgehead atoms. The maximum atomic E-state index is 13.3. The Bertz CT molecular complexity index is 940. The molecule has 1 fully saturated rings. The van der Waals surface area contributed by atoms with Gasteiger partial charge in [-0.2, -0.15) is 0 Å². The Morgan fingerprint density at radius 3 is 2.79 bits per heavy atom. The molecule has 1 amide bonds. The number of carbonyl (C=O) groups excluding carboxylic acids is 2. The summed E-state index contributed by atoms with van der Waals surface area (Å²) in [5, 5.41) is 0.383. The van der Waals surface area contributed by atoms with Crippen LogP contribution in [0.25, 0.3) is 0 Å². The lowest BCUT2D eigenvalue weighted by Crippen LogP contribution is -2.39. The third-order valence-corrected chi connectivity index (χ3v) is 5.67. The van der Waals surface area contributed by atoms with E-state index in [1.807, 2.05) is 4.90 Å². The van der Waals surface area contributed by atoms with Crippen LogP contribution >= 0.6 is 11.6 Å². The van der Waals surface area contributed by atoms with Gasteiger partial charge in [-0.05, 0) is 49.1 Å². The van der Waals surface area contributed by atoms with Crippen molar-refractivity contribution in [2.24, 2.45) is 5.92 Å². The van der Waals surface area contributed by atoms with E-state index in [1.165, 1.54) is 18.2 Å². The smallest absolute Gasteiger partial charge is 0.253 e. The number of carbonyl (C=O) groups is 2. The summed E-state index contributed by atoms with van der Waals surface area (Å²) in [5.74, 6) is 0.874. The van der Waals surface area contributed by atoms with E-state index >= 15 is 0 Å². The second-order valence-corrected chi connectivity index (χ2v) is 7.86. The van der Waals surface area contributed by atoms with Gasteiger partial charge in [0, 0.05) is 36.7 Å². The number of amides is 1. The quantitative estimate of drug-likeness (QED) is 0.756. The first-order valence-corrected chi connectivity index (χ1v) is 10.0. The molecule has 0 N–H and O–H groups in total. The van der Waals surface area contributed by atoms with Gasteiger partial charge in [-0.3, -0.25) is 9.59 Å². The zero-order chi connectivity index (χ0) is 20.4. The van der Waals surface area contributed by atoms with E-state index in [0.717, 1.165) is 18.4 Å². The molecule has 152 valence electrons. The molecule has 2 heterocycles. The molecule has 0 saturated carbocycles. The number of benzene rings is 2. The summed E-state index contributed by atoms with van der Waals surface area (Å²) in [6.45, 7) is 1.77. The van der Waals surface area contributed by atoms with Crippen LogP contribution in [0.1, 0.15) is 28.8 Å². The number of ether oxygens (including phenoxy) is 2. The van der Waals surface area contributed by atoms with Crippen molar-refractivity contribution in [3.8, 4) is 11.5 Å². The minimum atomic E-state index is -0.387. The molecule has 2 aromatic carbocycles. The van der Waals surface area contributed by atoms with Gasteiger partial charge in [-0.15, -0.1) is 0 Å². The molecule has 2 aliphatic heterocycles. The predicted octanol–water partition coefficient (Wildman–Crippen LogP) is 3.91. The van der Waals surface area contributed by atoms with Crippen molar-refractivity contribution in [2.75, 3.05) is 26.3 Å². The van der Waals surface area contributed by atoms with Gasteiger partial charge >= 0.3 is 0 Å². The topological polar surface area (TPSA) is 55.8 Å². The fourth-order valence-electron chi connectivity index (χ4n) is 3.69. The maximum Gasteiger partial charge on any atom is 0.253 e. The summed E-state index contributed by atoms with van der Waals surface area (Å²) in [6.07, 6.45) is 1.90. The Labute approximate surface area is 173 Å². The van der Waals surface area contributed by atoms with E-state index in [4.69, 9.17) is 21.1 Å². The van der Waals surface area contributed by atoms with E-state index in [0.29, 0.717) is 48.2 Å². The first-order chi connectivity index (χ1) is 14.0. The summed E-state index contributed by atoms with van der Waals surface area (Å²) in [4.78, 5) is 26.3. The Morgan fingerprint density at radius 2 is 2.00 bits per heavy atom. The fraction of sp³-hybridized carbons (Fsp3) is 0.364. The monoisotopic (exact) mass is 417 g/mol. The lowest BCUT2D eigenvalue weighted by molar-refractivity contribution is -0.121. The highest BCUT2D eigenvalue weighted by atomic mass is 35.5. The molecule has 4 rings (SSSR count). The Balaban J connectivity index is 1.32. The van der Waals surface area contributed by atoms with E-state index in [9.17, 15) is 14.0 Å². The molecule has 0 radical (unpaired) electrons. The van der Waals surface area contributed by atoms with Crippen LogP contribution in [0.15, 0.2) is 36.4 Å². The summed E-state index contributed by atoms with van der Waals surface area (Å²) >= 11 is 6.03. The number of fused-ring (bicyclic) bond motifs is 1. The number of halogens is 2. The first-order valence-electron chi connectivity index (χ1n) is 9.64. The zero-order valence-corrected chi connectivity index (χ0v) is 16.6. The average molecular weight is 418 g/mol. The lowest BCUT2D eigenvalue weighted by Gasteiger charge is -2.32. The Kier molecular flexibility index (Phi) is 5.72. The minimum absolute atomic E-state index is 0.0151. The van der Waals surface area contributed by atoms with Crippen molar-refractivity contribution < 1.29 is 23.5 Å². The molecule has 0 spiro atoms. The van der Waals surface area contributed by atoms with Gasteiger partial charge in [0.15, 0.2) is 5.78 Å². The molecule has 29 heavy (non-hydrogen) atoms. The molecule has 0 unspecified atom stereocenters. The van der Waals surface area contributed by atoms with E-state index in [2.05, 4.69) is 0 Å². The normalized spacial score (nSPS) is 16.9. The van der Waals surface area contributed by atoms with Crippen molar-refractivity contribution >= 4 is 23.3 Å². The molecular weight excluding hydrogens is 397 g/mol. The second-order valence-electron chi connectivity index (χ2n) is 7.45. The third kappa shape index (κ3) is 4.53. The first kappa shape index (κ1) is 19.7. The van der Waals surface area contributed by atoms with Crippen LogP contribution in [0, 0.1) is 11.7 Å². The molecular formula is C22H21ClFNO4. The standard InChI is InChI=1S/C22H21ClFNO4/c23-19-3-2-17(24)11-21(19)28-12-14-5-7-25(8-6-14)22(27)15-1-4-20-16(9-15)10-18(26)13-29-20/h1-4,9,11,14H,5-8,10,12-13H2. The van der Waals surface area contributed by atoms with Crippen molar-refractivity contribution in [2.45, 2.75) is 19.3 Å². The van der Waals surface area contributed by atoms with Gasteiger partial charge in [-0.1, -0.05) is 11.6 Å². The molecule has 0 aromatic heterocycles. The van der Waals surface area contributed by atoms with Crippen molar-refractivity contribution in [1.29, 1.82) is 0 Å². The number of hydrogen-bond donors (Lipinski definition) is 0. The average Bonchev–Trinajstić information content (AvgIpc) is 2.73. The predicted molar refractivity (Wildman–Crippen MR) is 106 cm³/mol. The SMILES string of the molecule is O=C1COc2ccc(C(=O)N3CCC(COc4cc(F)ccc4Cl)CC3)cc2C1. The minimum Gasteiger partial charge on any atom is -0.492 e. The third-order valence-electron chi connectivity index (χ3n) is 5.35. The Morgan fingerprint density at radius 1 is 1.21 bits per heavy atom. The molecule has 0 atom stereocenters. The van der Waals surface area contributed by atoms with Crippen molar-refractivity contribution in [3.05, 3.63) is 58.4 Å². The highest BCUT2D eigenvalue weighted by molar-refractivity contribution is 6.32. The van der Waals surface area contributed by atoms with Gasteiger partial charge < -0.3 is 14.4 Å². The summed E-state index contributed by atoms with van der Waals surface area (Å²) < 4.78 is 24.4. The van der Waals surface area contributed by atoms with Crippen LogP contribution in [-0.4, -0.2) is 42.9 Å². The number of ketones is 1. The molecule has 1 saturated heterocycles.